The number of hydrogen-bond donors (Lipinski definition) is 1. The van der Waals surface area contributed by atoms with Crippen LogP contribution in [-0.2, 0) is 17.1 Å². The molecule has 1 amide bonds. The van der Waals surface area contributed by atoms with E-state index in [4.69, 9.17) is 9.47 Å². The second-order valence-corrected chi connectivity index (χ2v) is 11.1. The van der Waals surface area contributed by atoms with Gasteiger partial charge in [-0.1, -0.05) is 38.5 Å². The average Bonchev–Trinajstić information content (AvgIpc) is 3.48. The summed E-state index contributed by atoms with van der Waals surface area (Å²) in [6.07, 6.45) is 10.5. The highest BCUT2D eigenvalue weighted by atomic mass is 32.2. The summed E-state index contributed by atoms with van der Waals surface area (Å²) in [7, 11) is 0. The van der Waals surface area contributed by atoms with Gasteiger partial charge in [0.1, 0.15) is 11.5 Å². The van der Waals surface area contributed by atoms with Crippen molar-refractivity contribution < 1.29 is 18.7 Å². The van der Waals surface area contributed by atoms with Gasteiger partial charge in [0.25, 0.3) is 0 Å². The molecule has 226 valence electrons. The molecule has 1 N–H and O–H groups in total. The largest absolute Gasteiger partial charge is 0.494 e. The average molecular weight is 602 g/mol. The zero-order valence-corrected chi connectivity index (χ0v) is 25.7. The van der Waals surface area contributed by atoms with Crippen LogP contribution in [0.15, 0.2) is 90.2 Å². The molecule has 4 rings (SSSR count). The zero-order valence-electron chi connectivity index (χ0n) is 24.9. The van der Waals surface area contributed by atoms with Crippen LogP contribution in [0.3, 0.4) is 0 Å². The number of aryl methyl sites for hydroxylation is 1. The molecule has 0 atom stereocenters. The Morgan fingerprint density at radius 1 is 0.953 bits per heavy atom. The summed E-state index contributed by atoms with van der Waals surface area (Å²) in [4.78, 5) is 18.2. The Hall–Kier alpha value is -4.04. The van der Waals surface area contributed by atoms with Crippen LogP contribution in [0.2, 0.25) is 0 Å². The molecule has 4 aromatic rings. The van der Waals surface area contributed by atoms with Crippen LogP contribution in [0.4, 0.5) is 10.1 Å². The second kappa shape index (κ2) is 17.2. The number of carbonyl (C=O) groups excluding carboxylic acids is 1. The summed E-state index contributed by atoms with van der Waals surface area (Å²) in [5, 5.41) is 2.93. The van der Waals surface area contributed by atoms with E-state index in [1.807, 2.05) is 79.3 Å². The van der Waals surface area contributed by atoms with Gasteiger partial charge in [-0.2, -0.15) is 0 Å². The van der Waals surface area contributed by atoms with Crippen LogP contribution < -0.4 is 14.8 Å². The van der Waals surface area contributed by atoms with Gasteiger partial charge in [-0.3, -0.25) is 9.18 Å². The maximum absolute atomic E-state index is 12.8. The normalized spacial score (nSPS) is 11.1. The van der Waals surface area contributed by atoms with Crippen molar-refractivity contribution in [3.05, 3.63) is 96.6 Å². The highest BCUT2D eigenvalue weighted by molar-refractivity contribution is 7.98. The molecule has 0 aliphatic heterocycles. The van der Waals surface area contributed by atoms with Gasteiger partial charge >= 0.3 is 0 Å². The lowest BCUT2D eigenvalue weighted by Crippen LogP contribution is -2.07. The number of thioether (sulfide) groups is 1. The van der Waals surface area contributed by atoms with Crippen molar-refractivity contribution in [2.24, 2.45) is 0 Å². The molecule has 6 nitrogen and oxygen atoms in total. The van der Waals surface area contributed by atoms with E-state index in [1.54, 1.807) is 17.8 Å². The molecule has 0 fully saturated rings. The van der Waals surface area contributed by atoms with Crippen molar-refractivity contribution in [2.75, 3.05) is 25.2 Å². The number of nitrogens with zero attached hydrogens (tertiary/aromatic N) is 2. The van der Waals surface area contributed by atoms with Crippen LogP contribution in [0.1, 0.15) is 50.8 Å². The number of rotatable bonds is 17. The Morgan fingerprint density at radius 2 is 1.72 bits per heavy atom. The van der Waals surface area contributed by atoms with Gasteiger partial charge < -0.3 is 19.4 Å². The van der Waals surface area contributed by atoms with Crippen LogP contribution in [0.5, 0.6) is 11.5 Å². The second-order valence-electron chi connectivity index (χ2n) is 10.1. The summed E-state index contributed by atoms with van der Waals surface area (Å²) in [6.45, 7) is 5.77. The first-order chi connectivity index (χ1) is 21.1. The fourth-order valence-electron chi connectivity index (χ4n) is 4.36. The number of benzene rings is 3. The molecule has 0 saturated carbocycles. The first-order valence-electron chi connectivity index (χ1n) is 14.9. The molecule has 0 spiro atoms. The quantitative estimate of drug-likeness (QED) is 0.0744. The number of aromatic nitrogens is 2. The van der Waals surface area contributed by atoms with Crippen molar-refractivity contribution in [2.45, 2.75) is 56.7 Å². The number of hydrogen-bond acceptors (Lipinski definition) is 5. The molecular formula is C35H40FN3O3S. The van der Waals surface area contributed by atoms with Crippen molar-refractivity contribution >= 4 is 29.4 Å². The summed E-state index contributed by atoms with van der Waals surface area (Å²) in [6, 6.07) is 21.6. The zero-order chi connectivity index (χ0) is 30.3. The highest BCUT2D eigenvalue weighted by Gasteiger charge is 2.08. The van der Waals surface area contributed by atoms with E-state index in [1.165, 1.54) is 11.8 Å². The SMILES string of the molecule is CCCCOc1ccc(-c2ccc(OCCCF)c(/C=C/C(=O)Nc3ccc(SCc4cncn4CCC)cc3)c2)cc1. The van der Waals surface area contributed by atoms with E-state index in [9.17, 15) is 9.18 Å². The molecule has 0 radical (unpaired) electrons. The van der Waals surface area contributed by atoms with Crippen LogP contribution in [0, 0.1) is 0 Å². The maximum Gasteiger partial charge on any atom is 0.248 e. The summed E-state index contributed by atoms with van der Waals surface area (Å²) in [5.41, 5.74) is 4.64. The number of carbonyl (C=O) groups is 1. The lowest BCUT2D eigenvalue weighted by Gasteiger charge is -2.12. The van der Waals surface area contributed by atoms with E-state index in [-0.39, 0.29) is 12.5 Å². The minimum atomic E-state index is -0.445. The van der Waals surface area contributed by atoms with Crippen LogP contribution >= 0.6 is 11.8 Å². The van der Waals surface area contributed by atoms with E-state index in [2.05, 4.69) is 28.7 Å². The molecule has 8 heteroatoms. The molecule has 0 unspecified atom stereocenters. The highest BCUT2D eigenvalue weighted by Crippen LogP contribution is 2.30. The summed E-state index contributed by atoms with van der Waals surface area (Å²) < 4.78 is 26.5. The van der Waals surface area contributed by atoms with Gasteiger partial charge in [-0.15, -0.1) is 11.8 Å². The first-order valence-corrected chi connectivity index (χ1v) is 15.8. The van der Waals surface area contributed by atoms with Gasteiger partial charge in [-0.05, 0) is 78.6 Å². The van der Waals surface area contributed by atoms with Crippen molar-refractivity contribution in [1.82, 2.24) is 9.55 Å². The lowest BCUT2D eigenvalue weighted by atomic mass is 10.0. The molecule has 0 saturated heterocycles. The molecule has 0 aliphatic rings. The van der Waals surface area contributed by atoms with Gasteiger partial charge in [0.2, 0.25) is 5.91 Å². The Morgan fingerprint density at radius 3 is 2.47 bits per heavy atom. The van der Waals surface area contributed by atoms with E-state index < -0.39 is 6.67 Å². The number of anilines is 1. The van der Waals surface area contributed by atoms with Crippen molar-refractivity contribution in [3.8, 4) is 22.6 Å². The predicted molar refractivity (Wildman–Crippen MR) is 175 cm³/mol. The molecular weight excluding hydrogens is 561 g/mol. The standard InChI is InChI=1S/C35H40FN3O3S/c1-3-5-21-41-32-13-7-27(8-14-32)28-9-17-34(42-22-6-19-36)29(23-28)10-18-35(40)38-30-11-15-33(16-12-30)43-25-31-24-37-26-39(31)20-4-2/h7-18,23-24,26H,3-6,19-22,25H2,1-2H3,(H,38,40)/b18-10+. The number of nitrogens with one attached hydrogen (secondary N) is 1. The van der Waals surface area contributed by atoms with E-state index in [0.717, 1.165) is 58.9 Å². The fraction of sp³-hybridized carbons (Fsp3) is 0.314. The lowest BCUT2D eigenvalue weighted by molar-refractivity contribution is -0.111. The van der Waals surface area contributed by atoms with Gasteiger partial charge in [0.15, 0.2) is 0 Å². The molecule has 0 aliphatic carbocycles. The number of unbranched alkanes of at least 4 members (excludes halogenated alkanes) is 1. The Labute approximate surface area is 258 Å². The Bertz CT molecular complexity index is 1450. The Balaban J connectivity index is 1.39. The summed E-state index contributed by atoms with van der Waals surface area (Å²) in [5.74, 6) is 2.02. The number of amides is 1. The predicted octanol–water partition coefficient (Wildman–Crippen LogP) is 8.82. The van der Waals surface area contributed by atoms with Crippen LogP contribution in [-0.4, -0.2) is 35.3 Å². The monoisotopic (exact) mass is 601 g/mol. The van der Waals surface area contributed by atoms with E-state index in [0.29, 0.717) is 24.5 Å². The number of halogens is 1. The maximum atomic E-state index is 12.8. The smallest absolute Gasteiger partial charge is 0.248 e. The van der Waals surface area contributed by atoms with Crippen molar-refractivity contribution in [3.63, 3.8) is 0 Å². The van der Waals surface area contributed by atoms with E-state index >= 15 is 0 Å². The minimum absolute atomic E-state index is 0.252. The third kappa shape index (κ3) is 10.0. The van der Waals surface area contributed by atoms with Crippen molar-refractivity contribution in [1.29, 1.82) is 0 Å². The van der Waals surface area contributed by atoms with Gasteiger partial charge in [0.05, 0.1) is 26.2 Å². The number of ether oxygens (including phenoxy) is 2. The fourth-order valence-corrected chi connectivity index (χ4v) is 5.24. The Kier molecular flexibility index (Phi) is 12.7. The molecule has 1 aromatic heterocycles. The minimum Gasteiger partial charge on any atom is -0.494 e. The molecule has 1 heterocycles. The topological polar surface area (TPSA) is 65.4 Å². The third-order valence-electron chi connectivity index (χ3n) is 6.69. The first kappa shape index (κ1) is 31.9. The number of alkyl halides is 1. The summed E-state index contributed by atoms with van der Waals surface area (Å²) >= 11 is 1.74. The van der Waals surface area contributed by atoms with Crippen LogP contribution in [0.25, 0.3) is 17.2 Å². The molecule has 43 heavy (non-hydrogen) atoms. The third-order valence-corrected chi connectivity index (χ3v) is 7.73. The number of imidazole rings is 1. The van der Waals surface area contributed by atoms with Gasteiger partial charge in [0, 0.05) is 52.8 Å². The molecule has 0 bridgehead atoms. The van der Waals surface area contributed by atoms with Gasteiger partial charge in [-0.25, -0.2) is 4.98 Å². The molecule has 3 aromatic carbocycles.